The Bertz CT molecular complexity index is 1050. The molecule has 0 saturated carbocycles. The Morgan fingerprint density at radius 1 is 1.15 bits per heavy atom. The summed E-state index contributed by atoms with van der Waals surface area (Å²) in [4.78, 5) is 35.4. The van der Waals surface area contributed by atoms with E-state index in [0.29, 0.717) is 12.5 Å². The third-order valence-electron chi connectivity index (χ3n) is 4.99. The lowest BCUT2D eigenvalue weighted by Gasteiger charge is -2.36. The van der Waals surface area contributed by atoms with Crippen LogP contribution >= 0.6 is 54.4 Å². The molecule has 12 heteroatoms. The summed E-state index contributed by atoms with van der Waals surface area (Å²) in [5.74, 6) is 0.197. The normalized spacial score (nSPS) is 14.1. The van der Waals surface area contributed by atoms with Crippen molar-refractivity contribution >= 4 is 71.5 Å². The van der Waals surface area contributed by atoms with Gasteiger partial charge in [0.05, 0.1) is 11.4 Å². The van der Waals surface area contributed by atoms with Crippen molar-refractivity contribution < 1.29 is 23.7 Å². The molecule has 2 N–H and O–H groups in total. The first kappa shape index (κ1) is 29.4. The van der Waals surface area contributed by atoms with Crippen LogP contribution in [-0.4, -0.2) is 57.6 Å². The second-order valence-corrected chi connectivity index (χ2v) is 12.7. The largest absolute Gasteiger partial charge is 0.469 e. The monoisotopic (exact) mass is 568 g/mol. The smallest absolute Gasteiger partial charge is 0.338 e. The second kappa shape index (κ2) is 12.4. The first-order valence-electron chi connectivity index (χ1n) is 10.4. The molecule has 0 saturated heterocycles. The van der Waals surface area contributed by atoms with Gasteiger partial charge in [-0.05, 0) is 45.3 Å². The van der Waals surface area contributed by atoms with Crippen molar-refractivity contribution in [3.8, 4) is 0 Å². The zero-order valence-corrected chi connectivity index (χ0v) is 23.2. The average molecular weight is 570 g/mol. The fourth-order valence-electron chi connectivity index (χ4n) is 2.99. The van der Waals surface area contributed by atoms with Gasteiger partial charge in [0.15, 0.2) is 5.78 Å². The molecule has 2 aromatic rings. The van der Waals surface area contributed by atoms with E-state index in [-0.39, 0.29) is 5.78 Å². The third kappa shape index (κ3) is 9.01. The predicted molar refractivity (Wildman–Crippen MR) is 140 cm³/mol. The van der Waals surface area contributed by atoms with Gasteiger partial charge in [-0.3, -0.25) is 9.32 Å². The highest BCUT2D eigenvalue weighted by Crippen LogP contribution is 2.48. The molecule has 1 aliphatic rings. The molecule has 0 radical (unpaired) electrons. The Morgan fingerprint density at radius 2 is 1.76 bits per heavy atom. The molecule has 188 valence electrons. The number of phosphoric ester groups is 1. The molecule has 0 aromatic heterocycles. The maximum atomic E-state index is 12.1. The minimum Gasteiger partial charge on any atom is -0.338 e. The SMILES string of the molecule is CCC(=O)c1ccc2c(c1)N(CC(C)N(C)C)c1ccccc1S2.O=P(O)(O)OCC(Cl)(Cl)Cl. The van der Waals surface area contributed by atoms with Gasteiger partial charge < -0.3 is 19.6 Å². The standard InChI is InChI=1S/C20H24N2OS.C2H4Cl3O4P/c1-5-18(23)15-10-11-20-17(12-15)22(13-14(2)21(3)4)16-8-6-7-9-19(16)24-20;3-2(4,5)1-9-10(6,7)8/h6-12,14H,5,13H2,1-4H3;1H2,(H2,6,7,8). The molecule has 0 amide bonds. The zero-order valence-electron chi connectivity index (χ0n) is 19.2. The number of nitrogens with zero attached hydrogens (tertiary/aromatic N) is 2. The van der Waals surface area contributed by atoms with E-state index in [1.54, 1.807) is 11.8 Å². The van der Waals surface area contributed by atoms with Crippen molar-refractivity contribution in [3.63, 3.8) is 0 Å². The topological polar surface area (TPSA) is 90.3 Å². The Hall–Kier alpha value is -0.800. The number of hydrogen-bond donors (Lipinski definition) is 2. The Kier molecular flexibility index (Phi) is 10.8. The van der Waals surface area contributed by atoms with E-state index in [1.165, 1.54) is 15.5 Å². The predicted octanol–water partition coefficient (Wildman–Crippen LogP) is 6.30. The molecular weight excluding hydrogens is 542 g/mol. The van der Waals surface area contributed by atoms with Gasteiger partial charge in [-0.2, -0.15) is 0 Å². The van der Waals surface area contributed by atoms with Gasteiger partial charge in [0.2, 0.25) is 3.79 Å². The molecule has 34 heavy (non-hydrogen) atoms. The summed E-state index contributed by atoms with van der Waals surface area (Å²) in [7, 11) is -0.307. The maximum Gasteiger partial charge on any atom is 0.469 e. The fraction of sp³-hybridized carbons (Fsp3) is 0.409. The van der Waals surface area contributed by atoms with Crippen LogP contribution in [0.4, 0.5) is 11.4 Å². The van der Waals surface area contributed by atoms with Gasteiger partial charge in [-0.25, -0.2) is 4.57 Å². The first-order valence-corrected chi connectivity index (χ1v) is 13.8. The van der Waals surface area contributed by atoms with Crippen LogP contribution in [0.25, 0.3) is 0 Å². The summed E-state index contributed by atoms with van der Waals surface area (Å²) in [6, 6.07) is 15.0. The van der Waals surface area contributed by atoms with E-state index in [4.69, 9.17) is 44.6 Å². The molecule has 1 heterocycles. The number of para-hydroxylation sites is 1. The molecule has 0 spiro atoms. The van der Waals surface area contributed by atoms with Gasteiger partial charge in [0, 0.05) is 34.4 Å². The molecule has 0 bridgehead atoms. The lowest BCUT2D eigenvalue weighted by molar-refractivity contribution is 0.0988. The number of rotatable bonds is 7. The van der Waals surface area contributed by atoms with Crippen molar-refractivity contribution in [2.75, 3.05) is 32.1 Å². The number of alkyl halides is 3. The highest BCUT2D eigenvalue weighted by molar-refractivity contribution is 7.99. The summed E-state index contributed by atoms with van der Waals surface area (Å²) >= 11 is 17.1. The Balaban J connectivity index is 0.000000347. The van der Waals surface area contributed by atoms with Gasteiger partial charge >= 0.3 is 7.82 Å². The van der Waals surface area contributed by atoms with E-state index < -0.39 is 18.2 Å². The van der Waals surface area contributed by atoms with Crippen LogP contribution in [0.5, 0.6) is 0 Å². The first-order chi connectivity index (χ1) is 15.7. The fourth-order valence-corrected chi connectivity index (χ4v) is 4.82. The van der Waals surface area contributed by atoms with Crippen LogP contribution in [0.1, 0.15) is 30.6 Å². The van der Waals surface area contributed by atoms with Crippen LogP contribution in [-0.2, 0) is 9.09 Å². The van der Waals surface area contributed by atoms with Crippen LogP contribution in [0.2, 0.25) is 0 Å². The molecule has 1 atom stereocenters. The quantitative estimate of drug-likeness (QED) is 0.228. The number of Topliss-reactive ketones (excluding diaryl/α,β-unsaturated/α-hetero) is 1. The summed E-state index contributed by atoms with van der Waals surface area (Å²) in [6.07, 6.45) is 0.538. The number of ketones is 1. The van der Waals surface area contributed by atoms with Crippen molar-refractivity contribution in [2.24, 2.45) is 0 Å². The molecule has 1 aliphatic heterocycles. The van der Waals surface area contributed by atoms with Gasteiger partial charge in [0.25, 0.3) is 0 Å². The lowest BCUT2D eigenvalue weighted by atomic mass is 10.1. The summed E-state index contributed by atoms with van der Waals surface area (Å²) < 4.78 is 12.0. The molecule has 2 aromatic carbocycles. The second-order valence-electron chi connectivity index (χ2n) is 7.83. The molecule has 7 nitrogen and oxygen atoms in total. The number of fused-ring (bicyclic) bond motifs is 2. The lowest BCUT2D eigenvalue weighted by Crippen LogP contribution is -2.37. The van der Waals surface area contributed by atoms with Crippen LogP contribution in [0, 0.1) is 0 Å². The number of halogens is 3. The van der Waals surface area contributed by atoms with E-state index >= 15 is 0 Å². The number of benzene rings is 2. The van der Waals surface area contributed by atoms with Crippen molar-refractivity contribution in [2.45, 2.75) is 39.9 Å². The van der Waals surface area contributed by atoms with Gasteiger partial charge in [-0.1, -0.05) is 71.7 Å². The van der Waals surface area contributed by atoms with Crippen molar-refractivity contribution in [3.05, 3.63) is 48.0 Å². The number of anilines is 2. The van der Waals surface area contributed by atoms with Crippen LogP contribution < -0.4 is 4.90 Å². The highest BCUT2D eigenvalue weighted by atomic mass is 35.6. The number of likely N-dealkylation sites (N-methyl/N-ethyl adjacent to an activating group) is 1. The third-order valence-corrected chi connectivity index (χ3v) is 6.92. The average Bonchev–Trinajstić information content (AvgIpc) is 2.76. The number of carbonyl (C=O) groups is 1. The number of carbonyl (C=O) groups excluding carboxylic acids is 1. The van der Waals surface area contributed by atoms with Gasteiger partial charge in [-0.15, -0.1) is 0 Å². The highest BCUT2D eigenvalue weighted by Gasteiger charge is 2.26. The number of phosphoric acid groups is 1. The minimum absolute atomic E-state index is 0.197. The molecule has 0 aliphatic carbocycles. The van der Waals surface area contributed by atoms with Crippen molar-refractivity contribution in [1.29, 1.82) is 0 Å². The number of hydrogen-bond acceptors (Lipinski definition) is 6. The summed E-state index contributed by atoms with van der Waals surface area (Å²) in [5, 5.41) is 0. The molecule has 0 fully saturated rings. The van der Waals surface area contributed by atoms with E-state index in [9.17, 15) is 9.36 Å². The van der Waals surface area contributed by atoms with Crippen molar-refractivity contribution in [1.82, 2.24) is 4.90 Å². The molecular formula is C22H28Cl3N2O5PS. The summed E-state index contributed by atoms with van der Waals surface area (Å²) in [5.41, 5.74) is 3.18. The zero-order chi connectivity index (χ0) is 25.7. The minimum atomic E-state index is -4.52. The van der Waals surface area contributed by atoms with E-state index in [2.05, 4.69) is 71.7 Å². The summed E-state index contributed by atoms with van der Waals surface area (Å²) in [6.45, 7) is 4.39. The Labute approximate surface area is 219 Å². The molecule has 1 unspecified atom stereocenters. The molecule has 3 rings (SSSR count). The van der Waals surface area contributed by atoms with Gasteiger partial charge in [0.1, 0.15) is 6.61 Å². The van der Waals surface area contributed by atoms with E-state index in [1.807, 2.05) is 13.0 Å². The van der Waals surface area contributed by atoms with Crippen LogP contribution in [0.15, 0.2) is 52.3 Å². The van der Waals surface area contributed by atoms with Crippen LogP contribution in [0.3, 0.4) is 0 Å². The van der Waals surface area contributed by atoms with E-state index in [0.717, 1.165) is 17.8 Å². The Morgan fingerprint density at radius 3 is 2.29 bits per heavy atom. The maximum absolute atomic E-state index is 12.1.